The molecule has 0 aliphatic carbocycles. The molecule has 0 aliphatic rings. The first-order chi connectivity index (χ1) is 8.48. The number of carbonyl (C=O) groups is 1. The number of hydrogen-bond donors (Lipinski definition) is 2. The van der Waals surface area contributed by atoms with E-state index in [1.54, 1.807) is 23.1 Å². The van der Waals surface area contributed by atoms with E-state index >= 15 is 0 Å². The van der Waals surface area contributed by atoms with Crippen molar-refractivity contribution in [3.63, 3.8) is 0 Å². The summed E-state index contributed by atoms with van der Waals surface area (Å²) in [5.74, 6) is -0.0780. The van der Waals surface area contributed by atoms with Crippen molar-refractivity contribution in [2.24, 2.45) is 0 Å². The maximum atomic E-state index is 10.6. The summed E-state index contributed by atoms with van der Waals surface area (Å²) in [7, 11) is 0. The Morgan fingerprint density at radius 3 is 3.00 bits per heavy atom. The van der Waals surface area contributed by atoms with E-state index < -0.39 is 5.97 Å². The minimum atomic E-state index is -0.791. The van der Waals surface area contributed by atoms with Crippen molar-refractivity contribution in [3.8, 4) is 0 Å². The highest BCUT2D eigenvalue weighted by Gasteiger charge is 2.20. The Labute approximate surface area is 105 Å². The van der Waals surface area contributed by atoms with Crippen LogP contribution in [-0.4, -0.2) is 31.2 Å². The maximum absolute atomic E-state index is 10.6. The third kappa shape index (κ3) is 2.77. The zero-order valence-electron chi connectivity index (χ0n) is 10.4. The van der Waals surface area contributed by atoms with E-state index in [-0.39, 0.29) is 12.0 Å². The van der Waals surface area contributed by atoms with Crippen LogP contribution in [-0.2, 0) is 4.79 Å². The molecule has 2 aromatic rings. The van der Waals surface area contributed by atoms with E-state index in [1.165, 1.54) is 0 Å². The lowest BCUT2D eigenvalue weighted by molar-refractivity contribution is -0.137. The van der Waals surface area contributed by atoms with Gasteiger partial charge in [-0.2, -0.15) is 5.10 Å². The quantitative estimate of drug-likeness (QED) is 0.843. The molecule has 96 valence electrons. The van der Waals surface area contributed by atoms with E-state index in [9.17, 15) is 4.79 Å². The summed E-state index contributed by atoms with van der Waals surface area (Å²) in [5.41, 5.74) is 0.540. The lowest BCUT2D eigenvalue weighted by atomic mass is 9.98. The monoisotopic (exact) mass is 248 g/mol. The molecule has 6 heteroatoms. The molecule has 18 heavy (non-hydrogen) atoms. The number of carboxylic acid groups (broad SMARTS) is 1. The van der Waals surface area contributed by atoms with Gasteiger partial charge in [0.15, 0.2) is 5.82 Å². The predicted octanol–water partition coefficient (Wildman–Crippen LogP) is 1.78. The fraction of sp³-hybridized carbons (Fsp3) is 0.417. The second kappa shape index (κ2) is 4.64. The van der Waals surface area contributed by atoms with Gasteiger partial charge in [0.1, 0.15) is 5.52 Å². The molecule has 0 atom stereocenters. The molecule has 0 spiro atoms. The van der Waals surface area contributed by atoms with Crippen molar-refractivity contribution >= 4 is 17.3 Å². The summed E-state index contributed by atoms with van der Waals surface area (Å²) in [4.78, 5) is 14.9. The Morgan fingerprint density at radius 1 is 1.50 bits per heavy atom. The average molecular weight is 248 g/mol. The van der Waals surface area contributed by atoms with Gasteiger partial charge < -0.3 is 10.4 Å². The lowest BCUT2D eigenvalue weighted by Crippen LogP contribution is -2.32. The summed E-state index contributed by atoms with van der Waals surface area (Å²) < 4.78 is 1.72. The summed E-state index contributed by atoms with van der Waals surface area (Å²) in [6.45, 7) is 3.91. The molecular formula is C12H16N4O2. The van der Waals surface area contributed by atoms with Crippen LogP contribution in [0.5, 0.6) is 0 Å². The van der Waals surface area contributed by atoms with Gasteiger partial charge in [-0.25, -0.2) is 9.50 Å². The number of aromatic nitrogens is 3. The van der Waals surface area contributed by atoms with Crippen LogP contribution in [0.1, 0.15) is 26.7 Å². The maximum Gasteiger partial charge on any atom is 0.303 e. The highest BCUT2D eigenvalue weighted by atomic mass is 16.4. The Balaban J connectivity index is 2.17. The molecule has 0 fully saturated rings. The van der Waals surface area contributed by atoms with Crippen LogP contribution in [0.25, 0.3) is 5.52 Å². The highest BCUT2D eigenvalue weighted by molar-refractivity contribution is 5.68. The number of aliphatic carboxylic acids is 1. The Morgan fingerprint density at radius 2 is 2.28 bits per heavy atom. The fourth-order valence-corrected chi connectivity index (χ4v) is 1.76. The zero-order chi connectivity index (χ0) is 13.2. The van der Waals surface area contributed by atoms with Gasteiger partial charge in [0.25, 0.3) is 0 Å². The van der Waals surface area contributed by atoms with Gasteiger partial charge >= 0.3 is 5.97 Å². The van der Waals surface area contributed by atoms with Crippen LogP contribution in [0.2, 0.25) is 0 Å². The van der Waals surface area contributed by atoms with Crippen LogP contribution >= 0.6 is 0 Å². The standard InChI is InChI=1S/C12H16N4O2/c1-12(2,5-3-10(17)18)15-11-9-4-6-14-16(9)8-7-13-11/h4,6-8H,3,5H2,1-2H3,(H,13,15)(H,17,18). The molecule has 0 amide bonds. The molecule has 2 N–H and O–H groups in total. The van der Waals surface area contributed by atoms with Gasteiger partial charge in [-0.1, -0.05) is 0 Å². The molecular weight excluding hydrogens is 232 g/mol. The van der Waals surface area contributed by atoms with E-state index in [2.05, 4.69) is 15.4 Å². The number of fused-ring (bicyclic) bond motifs is 1. The van der Waals surface area contributed by atoms with Crippen molar-refractivity contribution in [2.45, 2.75) is 32.2 Å². The molecule has 0 aliphatic heterocycles. The third-order valence-electron chi connectivity index (χ3n) is 2.75. The Bertz CT molecular complexity index is 562. The van der Waals surface area contributed by atoms with Gasteiger partial charge in [0.05, 0.1) is 6.20 Å². The Kier molecular flexibility index (Phi) is 3.18. The SMILES string of the molecule is CC(C)(CCC(=O)O)Nc1nccn2nccc12. The first-order valence-corrected chi connectivity index (χ1v) is 5.76. The summed E-state index contributed by atoms with van der Waals surface area (Å²) in [6, 6.07) is 1.86. The van der Waals surface area contributed by atoms with Crippen LogP contribution in [0, 0.1) is 0 Å². The van der Waals surface area contributed by atoms with Gasteiger partial charge in [0, 0.05) is 24.4 Å². The van der Waals surface area contributed by atoms with E-state index in [0.717, 1.165) is 5.52 Å². The topological polar surface area (TPSA) is 79.5 Å². The third-order valence-corrected chi connectivity index (χ3v) is 2.75. The smallest absolute Gasteiger partial charge is 0.303 e. The second-order valence-corrected chi connectivity index (χ2v) is 4.84. The number of nitrogens with one attached hydrogen (secondary N) is 1. The van der Waals surface area contributed by atoms with Crippen LogP contribution in [0.4, 0.5) is 5.82 Å². The molecule has 0 radical (unpaired) electrons. The second-order valence-electron chi connectivity index (χ2n) is 4.84. The van der Waals surface area contributed by atoms with Gasteiger partial charge in [-0.15, -0.1) is 0 Å². The lowest BCUT2D eigenvalue weighted by Gasteiger charge is -2.26. The molecule has 6 nitrogen and oxygen atoms in total. The van der Waals surface area contributed by atoms with Crippen molar-refractivity contribution < 1.29 is 9.90 Å². The van der Waals surface area contributed by atoms with Crippen molar-refractivity contribution in [1.82, 2.24) is 14.6 Å². The fourth-order valence-electron chi connectivity index (χ4n) is 1.76. The molecule has 2 aromatic heterocycles. The molecule has 0 aromatic carbocycles. The first kappa shape index (κ1) is 12.3. The van der Waals surface area contributed by atoms with Crippen LogP contribution in [0.3, 0.4) is 0 Å². The molecule has 0 unspecified atom stereocenters. The van der Waals surface area contributed by atoms with Crippen molar-refractivity contribution in [2.75, 3.05) is 5.32 Å². The normalized spacial score (nSPS) is 11.7. The number of nitrogens with zero attached hydrogens (tertiary/aromatic N) is 3. The molecule has 2 rings (SSSR count). The van der Waals surface area contributed by atoms with E-state index in [0.29, 0.717) is 12.2 Å². The summed E-state index contributed by atoms with van der Waals surface area (Å²) >= 11 is 0. The van der Waals surface area contributed by atoms with E-state index in [4.69, 9.17) is 5.11 Å². The number of carboxylic acids is 1. The predicted molar refractivity (Wildman–Crippen MR) is 67.6 cm³/mol. The molecule has 0 saturated heterocycles. The van der Waals surface area contributed by atoms with Crippen molar-refractivity contribution in [1.29, 1.82) is 0 Å². The van der Waals surface area contributed by atoms with Crippen molar-refractivity contribution in [3.05, 3.63) is 24.7 Å². The molecule has 0 saturated carbocycles. The van der Waals surface area contributed by atoms with Gasteiger partial charge in [-0.05, 0) is 26.3 Å². The van der Waals surface area contributed by atoms with E-state index in [1.807, 2.05) is 19.9 Å². The highest BCUT2D eigenvalue weighted by Crippen LogP contribution is 2.21. The van der Waals surface area contributed by atoms with Gasteiger partial charge in [-0.3, -0.25) is 4.79 Å². The summed E-state index contributed by atoms with van der Waals surface area (Å²) in [6.07, 6.45) is 5.79. The largest absolute Gasteiger partial charge is 0.481 e. The number of rotatable bonds is 5. The average Bonchev–Trinajstić information content (AvgIpc) is 2.75. The number of hydrogen-bond acceptors (Lipinski definition) is 4. The first-order valence-electron chi connectivity index (χ1n) is 5.76. The number of anilines is 1. The summed E-state index contributed by atoms with van der Waals surface area (Å²) in [5, 5.41) is 16.1. The molecule has 2 heterocycles. The minimum Gasteiger partial charge on any atom is -0.481 e. The van der Waals surface area contributed by atoms with Crippen LogP contribution < -0.4 is 5.32 Å². The van der Waals surface area contributed by atoms with Gasteiger partial charge in [0.2, 0.25) is 0 Å². The zero-order valence-corrected chi connectivity index (χ0v) is 10.4. The van der Waals surface area contributed by atoms with Crippen LogP contribution in [0.15, 0.2) is 24.7 Å². The minimum absolute atomic E-state index is 0.127. The molecule has 0 bridgehead atoms. The Hall–Kier alpha value is -2.11.